The molecule has 0 saturated carbocycles. The van der Waals surface area contributed by atoms with Crippen LogP contribution < -0.4 is 10.0 Å². The smallest absolute Gasteiger partial charge is 0.228 e. The number of carbonyl (C=O) groups excluding carboxylic acids is 1. The van der Waals surface area contributed by atoms with Crippen molar-refractivity contribution in [1.82, 2.24) is 4.98 Å². The number of nitrogens with two attached hydrogens (primary N) is 1. The van der Waals surface area contributed by atoms with E-state index in [0.29, 0.717) is 0 Å². The molecule has 98 valence electrons. The first kappa shape index (κ1) is 13.4. The highest BCUT2D eigenvalue weighted by molar-refractivity contribution is 9.10. The van der Waals surface area contributed by atoms with Crippen molar-refractivity contribution >= 4 is 37.5 Å². The molecule has 1 aliphatic rings. The fourth-order valence-electron chi connectivity index (χ4n) is 1.73. The van der Waals surface area contributed by atoms with Gasteiger partial charge in [0.2, 0.25) is 15.9 Å². The Labute approximate surface area is 111 Å². The van der Waals surface area contributed by atoms with Crippen LogP contribution in [0.4, 0.5) is 10.1 Å². The Bertz CT molecular complexity index is 607. The van der Waals surface area contributed by atoms with Crippen LogP contribution in [0.2, 0.25) is 0 Å². The van der Waals surface area contributed by atoms with Crippen LogP contribution in [0.1, 0.15) is 6.42 Å². The van der Waals surface area contributed by atoms with Crippen LogP contribution in [0.15, 0.2) is 16.9 Å². The monoisotopic (exact) mass is 337 g/mol. The molecule has 1 fully saturated rings. The number of carbonyl (C=O) groups is 1. The Balaban J connectivity index is 2.35. The lowest BCUT2D eigenvalue weighted by atomic mass is 10.3. The number of halogens is 2. The summed E-state index contributed by atoms with van der Waals surface area (Å²) in [5.74, 6) is -1.04. The molecule has 1 unspecified atom stereocenters. The largest absolute Gasteiger partial charge is 0.308 e. The van der Waals surface area contributed by atoms with E-state index in [1.807, 2.05) is 0 Å². The van der Waals surface area contributed by atoms with Crippen LogP contribution in [0.5, 0.6) is 0 Å². The third-order valence-electron chi connectivity index (χ3n) is 2.63. The molecule has 2 N–H and O–H groups in total. The predicted octanol–water partition coefficient (Wildman–Crippen LogP) is 0.377. The minimum Gasteiger partial charge on any atom is -0.308 e. The summed E-state index contributed by atoms with van der Waals surface area (Å²) >= 11 is 3.09. The van der Waals surface area contributed by atoms with E-state index < -0.39 is 27.0 Å². The first-order valence-corrected chi connectivity index (χ1v) is 7.32. The van der Waals surface area contributed by atoms with E-state index in [0.717, 1.165) is 17.2 Å². The molecule has 1 amide bonds. The molecule has 0 spiro atoms. The van der Waals surface area contributed by atoms with Crippen molar-refractivity contribution in [2.45, 2.75) is 11.7 Å². The molecule has 2 heterocycles. The Hall–Kier alpha value is -1.06. The van der Waals surface area contributed by atoms with E-state index >= 15 is 0 Å². The van der Waals surface area contributed by atoms with Crippen molar-refractivity contribution in [3.8, 4) is 0 Å². The Morgan fingerprint density at radius 2 is 2.22 bits per heavy atom. The second-order valence-corrected chi connectivity index (χ2v) is 6.48. The zero-order valence-electron chi connectivity index (χ0n) is 9.01. The molecule has 9 heteroatoms. The number of hydrogen-bond acceptors (Lipinski definition) is 4. The van der Waals surface area contributed by atoms with E-state index in [9.17, 15) is 17.6 Å². The second kappa shape index (κ2) is 4.56. The topological polar surface area (TPSA) is 93.4 Å². The maximum atomic E-state index is 13.1. The highest BCUT2D eigenvalue weighted by Gasteiger charge is 2.38. The van der Waals surface area contributed by atoms with Gasteiger partial charge in [0.1, 0.15) is 15.7 Å². The van der Waals surface area contributed by atoms with E-state index in [1.54, 1.807) is 0 Å². The number of hydrogen-bond donors (Lipinski definition) is 1. The molecular formula is C9H9BrFN3O3S. The summed E-state index contributed by atoms with van der Waals surface area (Å²) in [6.45, 7) is -0.0958. The highest BCUT2D eigenvalue weighted by Crippen LogP contribution is 2.29. The summed E-state index contributed by atoms with van der Waals surface area (Å²) in [6.07, 6.45) is 0.785. The summed E-state index contributed by atoms with van der Waals surface area (Å²) in [5.41, 5.74) is 0.200. The third-order valence-corrected chi connectivity index (χ3v) is 4.49. The van der Waals surface area contributed by atoms with Crippen LogP contribution in [0.25, 0.3) is 0 Å². The third kappa shape index (κ3) is 2.52. The molecule has 1 saturated heterocycles. The minimum absolute atomic E-state index is 0.0958. The number of amides is 1. The normalized spacial score (nSPS) is 20.5. The molecule has 0 bridgehead atoms. The zero-order valence-corrected chi connectivity index (χ0v) is 11.4. The van der Waals surface area contributed by atoms with Crippen LogP contribution >= 0.6 is 15.9 Å². The first-order valence-electron chi connectivity index (χ1n) is 4.92. The Kier molecular flexibility index (Phi) is 3.39. The zero-order chi connectivity index (χ0) is 13.5. The maximum Gasteiger partial charge on any atom is 0.228 e. The van der Waals surface area contributed by atoms with Crippen LogP contribution in [0.3, 0.4) is 0 Å². The van der Waals surface area contributed by atoms with Gasteiger partial charge in [-0.05, 0) is 15.9 Å². The van der Waals surface area contributed by atoms with Gasteiger partial charge < -0.3 is 4.90 Å². The number of rotatable bonds is 2. The van der Waals surface area contributed by atoms with Gasteiger partial charge in [-0.1, -0.05) is 0 Å². The molecule has 2 rings (SSSR count). The molecule has 1 aliphatic heterocycles. The van der Waals surface area contributed by atoms with Crippen molar-refractivity contribution in [2.75, 3.05) is 11.4 Å². The Morgan fingerprint density at radius 1 is 1.56 bits per heavy atom. The standard InChI is InChI=1S/C9H9BrFN3O3S/c10-9-7(1-5(11)3-13-9)14-4-6(2-8(14)15)18(12,16)17/h1,3,6H,2,4H2,(H2,12,16,17). The van der Waals surface area contributed by atoms with Crippen molar-refractivity contribution in [2.24, 2.45) is 5.14 Å². The number of anilines is 1. The van der Waals surface area contributed by atoms with Gasteiger partial charge in [0.15, 0.2) is 0 Å². The molecule has 0 radical (unpaired) electrons. The average molecular weight is 338 g/mol. The van der Waals surface area contributed by atoms with Gasteiger partial charge in [-0.2, -0.15) is 0 Å². The molecule has 1 atom stereocenters. The summed E-state index contributed by atoms with van der Waals surface area (Å²) < 4.78 is 35.8. The summed E-state index contributed by atoms with van der Waals surface area (Å²) in [4.78, 5) is 16.6. The molecule has 0 aliphatic carbocycles. The molecule has 0 aromatic carbocycles. The van der Waals surface area contributed by atoms with Crippen molar-refractivity contribution in [1.29, 1.82) is 0 Å². The SMILES string of the molecule is NS(=O)(=O)C1CC(=O)N(c2cc(F)cnc2Br)C1. The summed E-state index contributed by atoms with van der Waals surface area (Å²) in [5, 5.41) is 4.03. The van der Waals surface area contributed by atoms with Gasteiger partial charge in [-0.15, -0.1) is 0 Å². The maximum absolute atomic E-state index is 13.1. The summed E-state index contributed by atoms with van der Waals surface area (Å²) in [7, 11) is -3.79. The van der Waals surface area contributed by atoms with Crippen LogP contribution in [-0.4, -0.2) is 31.1 Å². The minimum atomic E-state index is -3.79. The fraction of sp³-hybridized carbons (Fsp3) is 0.333. The van der Waals surface area contributed by atoms with E-state index in [2.05, 4.69) is 20.9 Å². The first-order chi connectivity index (χ1) is 8.29. The average Bonchev–Trinajstić information content (AvgIpc) is 2.64. The predicted molar refractivity (Wildman–Crippen MR) is 65.8 cm³/mol. The number of pyridine rings is 1. The molecule has 18 heavy (non-hydrogen) atoms. The molecule has 1 aromatic heterocycles. The van der Waals surface area contributed by atoms with Crippen molar-refractivity contribution < 1.29 is 17.6 Å². The van der Waals surface area contributed by atoms with Gasteiger partial charge in [-0.3, -0.25) is 4.79 Å². The van der Waals surface area contributed by atoms with Crippen LogP contribution in [0, 0.1) is 5.82 Å². The Morgan fingerprint density at radius 3 is 2.78 bits per heavy atom. The molecule has 1 aromatic rings. The van der Waals surface area contributed by atoms with Crippen LogP contribution in [-0.2, 0) is 14.8 Å². The lowest BCUT2D eigenvalue weighted by Gasteiger charge is -2.17. The number of aromatic nitrogens is 1. The van der Waals surface area contributed by atoms with Gasteiger partial charge >= 0.3 is 0 Å². The van der Waals surface area contributed by atoms with Gasteiger partial charge in [0, 0.05) is 19.0 Å². The van der Waals surface area contributed by atoms with Crippen molar-refractivity contribution in [3.05, 3.63) is 22.7 Å². The number of primary sulfonamides is 1. The van der Waals surface area contributed by atoms with Gasteiger partial charge in [0.25, 0.3) is 0 Å². The lowest BCUT2D eigenvalue weighted by Crippen LogP contribution is -2.32. The second-order valence-electron chi connectivity index (χ2n) is 3.88. The summed E-state index contributed by atoms with van der Waals surface area (Å²) in [6, 6.07) is 1.11. The molecular weight excluding hydrogens is 329 g/mol. The van der Waals surface area contributed by atoms with E-state index in [4.69, 9.17) is 5.14 Å². The lowest BCUT2D eigenvalue weighted by molar-refractivity contribution is -0.117. The van der Waals surface area contributed by atoms with E-state index in [1.165, 1.54) is 0 Å². The number of nitrogens with zero attached hydrogens (tertiary/aromatic N) is 2. The highest BCUT2D eigenvalue weighted by atomic mass is 79.9. The molecule has 6 nitrogen and oxygen atoms in total. The van der Waals surface area contributed by atoms with Gasteiger partial charge in [-0.25, -0.2) is 22.9 Å². The number of sulfonamides is 1. The van der Waals surface area contributed by atoms with E-state index in [-0.39, 0.29) is 23.3 Å². The fourth-order valence-corrected chi connectivity index (χ4v) is 2.89. The quantitative estimate of drug-likeness (QED) is 0.789. The van der Waals surface area contributed by atoms with Gasteiger partial charge in [0.05, 0.1) is 11.9 Å². The van der Waals surface area contributed by atoms with Crippen molar-refractivity contribution in [3.63, 3.8) is 0 Å².